The van der Waals surface area contributed by atoms with Crippen molar-refractivity contribution in [2.75, 3.05) is 52.5 Å². The molecule has 0 aliphatic carbocycles. The van der Waals surface area contributed by atoms with Gasteiger partial charge in [-0.1, -0.05) is 6.08 Å². The normalized spacial score (nSPS) is 34.8. The number of rotatable bonds is 3. The van der Waals surface area contributed by atoms with Gasteiger partial charge < -0.3 is 14.4 Å². The lowest BCUT2D eigenvalue weighted by Crippen LogP contribution is -2.59. The van der Waals surface area contributed by atoms with Crippen molar-refractivity contribution in [1.29, 1.82) is 0 Å². The highest BCUT2D eigenvalue weighted by molar-refractivity contribution is 5.84. The molecule has 3 fully saturated rings. The predicted molar refractivity (Wildman–Crippen MR) is 75.4 cm³/mol. The molecule has 0 spiro atoms. The molecular formula is C15H24N2O3. The fourth-order valence-electron chi connectivity index (χ4n) is 3.75. The molecule has 2 atom stereocenters. The molecule has 0 aromatic heterocycles. The molecule has 3 heterocycles. The molecule has 3 rings (SSSR count). The number of carbonyl (C=O) groups is 1. The van der Waals surface area contributed by atoms with Crippen LogP contribution in [0.25, 0.3) is 0 Å². The first-order valence-electron chi connectivity index (χ1n) is 7.58. The van der Waals surface area contributed by atoms with Crippen LogP contribution < -0.4 is 0 Å². The molecular weight excluding hydrogens is 256 g/mol. The molecule has 5 heteroatoms. The lowest BCUT2D eigenvalue weighted by Gasteiger charge is -2.45. The van der Waals surface area contributed by atoms with E-state index < -0.39 is 0 Å². The van der Waals surface area contributed by atoms with E-state index in [1.54, 1.807) is 0 Å². The summed E-state index contributed by atoms with van der Waals surface area (Å²) in [4.78, 5) is 17.3. The Hall–Kier alpha value is -0.910. The SMILES string of the molecule is C=CCN1CC[C@H]2OCC[C@@]2(C(=O)N2CCOCC2)C1. The molecule has 0 saturated carbocycles. The zero-order valence-corrected chi connectivity index (χ0v) is 12.1. The van der Waals surface area contributed by atoms with Crippen LogP contribution in [0, 0.1) is 5.41 Å². The average molecular weight is 280 g/mol. The van der Waals surface area contributed by atoms with Crippen LogP contribution in [-0.2, 0) is 14.3 Å². The number of morpholine rings is 1. The van der Waals surface area contributed by atoms with Gasteiger partial charge >= 0.3 is 0 Å². The molecule has 20 heavy (non-hydrogen) atoms. The van der Waals surface area contributed by atoms with Gasteiger partial charge in [-0.15, -0.1) is 6.58 Å². The van der Waals surface area contributed by atoms with Crippen molar-refractivity contribution >= 4 is 5.91 Å². The Morgan fingerprint density at radius 1 is 1.30 bits per heavy atom. The summed E-state index contributed by atoms with van der Waals surface area (Å²) < 4.78 is 11.2. The van der Waals surface area contributed by atoms with Crippen molar-refractivity contribution in [3.63, 3.8) is 0 Å². The van der Waals surface area contributed by atoms with Crippen LogP contribution in [-0.4, -0.2) is 74.4 Å². The second-order valence-electron chi connectivity index (χ2n) is 5.98. The van der Waals surface area contributed by atoms with Crippen LogP contribution in [0.5, 0.6) is 0 Å². The summed E-state index contributed by atoms with van der Waals surface area (Å²) in [5.74, 6) is 0.275. The van der Waals surface area contributed by atoms with E-state index >= 15 is 0 Å². The molecule has 0 aromatic carbocycles. The zero-order chi connectivity index (χ0) is 14.0. The average Bonchev–Trinajstić information content (AvgIpc) is 2.92. The summed E-state index contributed by atoms with van der Waals surface area (Å²) in [6.07, 6.45) is 3.81. The van der Waals surface area contributed by atoms with E-state index in [-0.39, 0.29) is 17.4 Å². The summed E-state index contributed by atoms with van der Waals surface area (Å²) in [6.45, 7) is 9.92. The number of carbonyl (C=O) groups excluding carboxylic acids is 1. The number of piperidine rings is 1. The van der Waals surface area contributed by atoms with Gasteiger partial charge in [-0.2, -0.15) is 0 Å². The number of fused-ring (bicyclic) bond motifs is 1. The maximum atomic E-state index is 13.0. The molecule has 0 aromatic rings. The third kappa shape index (κ3) is 2.38. The minimum absolute atomic E-state index is 0.0962. The highest BCUT2D eigenvalue weighted by Gasteiger charge is 2.54. The van der Waals surface area contributed by atoms with E-state index in [0.717, 1.165) is 45.6 Å². The summed E-state index contributed by atoms with van der Waals surface area (Å²) in [5, 5.41) is 0. The van der Waals surface area contributed by atoms with E-state index in [9.17, 15) is 4.79 Å². The highest BCUT2D eigenvalue weighted by Crippen LogP contribution is 2.42. The number of likely N-dealkylation sites (tertiary alicyclic amines) is 1. The fourth-order valence-corrected chi connectivity index (χ4v) is 3.75. The minimum Gasteiger partial charge on any atom is -0.378 e. The van der Waals surface area contributed by atoms with Crippen LogP contribution in [0.15, 0.2) is 12.7 Å². The molecule has 3 saturated heterocycles. The van der Waals surface area contributed by atoms with Crippen LogP contribution in [0.1, 0.15) is 12.8 Å². The summed E-state index contributed by atoms with van der Waals surface area (Å²) in [5.41, 5.74) is -0.335. The summed E-state index contributed by atoms with van der Waals surface area (Å²) >= 11 is 0. The lowest BCUT2D eigenvalue weighted by atomic mass is 9.75. The summed E-state index contributed by atoms with van der Waals surface area (Å²) in [7, 11) is 0. The first-order valence-corrected chi connectivity index (χ1v) is 7.58. The first-order chi connectivity index (χ1) is 9.76. The van der Waals surface area contributed by atoms with Crippen molar-refractivity contribution in [1.82, 2.24) is 9.80 Å². The molecule has 1 amide bonds. The third-order valence-corrected chi connectivity index (χ3v) is 4.81. The van der Waals surface area contributed by atoms with Gasteiger partial charge in [-0.25, -0.2) is 0 Å². The molecule has 0 unspecified atom stereocenters. The van der Waals surface area contributed by atoms with Gasteiger partial charge in [-0.05, 0) is 12.8 Å². The zero-order valence-electron chi connectivity index (χ0n) is 12.1. The van der Waals surface area contributed by atoms with Crippen molar-refractivity contribution in [2.45, 2.75) is 18.9 Å². The molecule has 3 aliphatic rings. The molecule has 112 valence electrons. The second kappa shape index (κ2) is 5.84. The van der Waals surface area contributed by atoms with E-state index in [4.69, 9.17) is 9.47 Å². The van der Waals surface area contributed by atoms with Gasteiger partial charge in [0.25, 0.3) is 0 Å². The van der Waals surface area contributed by atoms with Gasteiger partial charge in [0.05, 0.1) is 24.7 Å². The van der Waals surface area contributed by atoms with E-state index in [0.29, 0.717) is 19.8 Å². The molecule has 0 radical (unpaired) electrons. The largest absolute Gasteiger partial charge is 0.378 e. The van der Waals surface area contributed by atoms with Crippen LogP contribution in [0.3, 0.4) is 0 Å². The van der Waals surface area contributed by atoms with Gasteiger partial charge in [0, 0.05) is 39.3 Å². The van der Waals surface area contributed by atoms with E-state index in [1.807, 2.05) is 11.0 Å². The van der Waals surface area contributed by atoms with Crippen LogP contribution in [0.2, 0.25) is 0 Å². The standard InChI is InChI=1S/C15H24N2O3/c1-2-5-16-6-3-13-15(12-16,4-9-20-13)14(18)17-7-10-19-11-8-17/h2,13H,1,3-12H2/t13-,15-/m1/s1. The van der Waals surface area contributed by atoms with Crippen LogP contribution >= 0.6 is 0 Å². The van der Waals surface area contributed by atoms with Gasteiger partial charge in [0.1, 0.15) is 0 Å². The Morgan fingerprint density at radius 3 is 2.85 bits per heavy atom. The van der Waals surface area contributed by atoms with Crippen molar-refractivity contribution in [3.8, 4) is 0 Å². The van der Waals surface area contributed by atoms with Gasteiger partial charge in [-0.3, -0.25) is 9.69 Å². The number of hydrogen-bond donors (Lipinski definition) is 0. The molecule has 5 nitrogen and oxygen atoms in total. The Morgan fingerprint density at radius 2 is 2.10 bits per heavy atom. The Labute approximate surface area is 120 Å². The molecule has 3 aliphatic heterocycles. The number of ether oxygens (including phenoxy) is 2. The number of nitrogens with zero attached hydrogens (tertiary/aromatic N) is 2. The maximum absolute atomic E-state index is 13.0. The lowest BCUT2D eigenvalue weighted by molar-refractivity contribution is -0.154. The van der Waals surface area contributed by atoms with Gasteiger partial charge in [0.2, 0.25) is 5.91 Å². The highest BCUT2D eigenvalue weighted by atomic mass is 16.5. The Balaban J connectivity index is 1.78. The third-order valence-electron chi connectivity index (χ3n) is 4.81. The molecule has 0 N–H and O–H groups in total. The maximum Gasteiger partial charge on any atom is 0.232 e. The van der Waals surface area contributed by atoms with Crippen molar-refractivity contribution < 1.29 is 14.3 Å². The first kappa shape index (κ1) is 14.0. The van der Waals surface area contributed by atoms with E-state index in [2.05, 4.69) is 11.5 Å². The van der Waals surface area contributed by atoms with E-state index in [1.165, 1.54) is 0 Å². The molecule has 0 bridgehead atoms. The second-order valence-corrected chi connectivity index (χ2v) is 5.98. The van der Waals surface area contributed by atoms with Crippen molar-refractivity contribution in [2.24, 2.45) is 5.41 Å². The van der Waals surface area contributed by atoms with Gasteiger partial charge in [0.15, 0.2) is 0 Å². The topological polar surface area (TPSA) is 42.0 Å². The monoisotopic (exact) mass is 280 g/mol. The van der Waals surface area contributed by atoms with Crippen molar-refractivity contribution in [3.05, 3.63) is 12.7 Å². The predicted octanol–water partition coefficient (Wildman–Crippen LogP) is 0.512. The Bertz CT molecular complexity index is 381. The number of amides is 1. The minimum atomic E-state index is -0.335. The van der Waals surface area contributed by atoms with Crippen LogP contribution in [0.4, 0.5) is 0 Å². The summed E-state index contributed by atoms with van der Waals surface area (Å²) in [6, 6.07) is 0. The Kier molecular flexibility index (Phi) is 4.10. The fraction of sp³-hybridized carbons (Fsp3) is 0.800. The quantitative estimate of drug-likeness (QED) is 0.707. The smallest absolute Gasteiger partial charge is 0.232 e. The number of hydrogen-bond acceptors (Lipinski definition) is 4.